The molecule has 0 saturated heterocycles. The maximum atomic E-state index is 2.55. The van der Waals surface area contributed by atoms with Crippen LogP contribution in [0.3, 0.4) is 0 Å². The molecule has 0 spiro atoms. The van der Waals surface area contributed by atoms with Crippen molar-refractivity contribution in [1.29, 1.82) is 0 Å². The molecule has 1 rings (SSSR count). The number of hydrogen-bond donors (Lipinski definition) is 0. The van der Waals surface area contributed by atoms with Crippen LogP contribution in [0, 0.1) is 0 Å². The second-order valence-corrected chi connectivity index (χ2v) is 9.46. The van der Waals surface area contributed by atoms with Crippen molar-refractivity contribution in [3.05, 3.63) is 18.2 Å². The lowest BCUT2D eigenvalue weighted by Crippen LogP contribution is -2.37. The van der Waals surface area contributed by atoms with E-state index in [4.69, 9.17) is 0 Å². The molecule has 0 fully saturated rings. The Morgan fingerprint density at radius 1 is 0.655 bits per heavy atom. The van der Waals surface area contributed by atoms with Crippen LogP contribution in [0.25, 0.3) is 0 Å². The van der Waals surface area contributed by atoms with Crippen molar-refractivity contribution in [1.82, 2.24) is 4.57 Å². The van der Waals surface area contributed by atoms with E-state index in [2.05, 4.69) is 49.2 Å². The largest absolute Gasteiger partial charge is 0.256 e. The van der Waals surface area contributed by atoms with Gasteiger partial charge in [0.05, 0.1) is 12.6 Å². The lowest BCUT2D eigenvalue weighted by atomic mass is 10.1. The molecule has 0 aliphatic heterocycles. The molecule has 0 aliphatic carbocycles. The lowest BCUT2D eigenvalue weighted by molar-refractivity contribution is -0.704. The van der Waals surface area contributed by atoms with Gasteiger partial charge in [0.2, 0.25) is 0 Å². The lowest BCUT2D eigenvalue weighted by Gasteiger charge is -2.08. The van der Waals surface area contributed by atoms with Crippen LogP contribution in [0.15, 0.2) is 12.4 Å². The number of rotatable bonds is 20. The Hall–Kier alpha value is -0.790. The molecule has 1 heterocycles. The van der Waals surface area contributed by atoms with E-state index < -0.39 is 0 Å². The second-order valence-electron chi connectivity index (χ2n) is 9.46. The van der Waals surface area contributed by atoms with Gasteiger partial charge in [-0.05, 0) is 33.1 Å². The molecule has 2 nitrogen and oxygen atoms in total. The van der Waals surface area contributed by atoms with E-state index in [1.165, 1.54) is 122 Å². The third kappa shape index (κ3) is 12.5. The first-order valence-electron chi connectivity index (χ1n) is 13.3. The number of aryl methyl sites for hydroxylation is 1. The van der Waals surface area contributed by atoms with Crippen molar-refractivity contribution in [2.75, 3.05) is 0 Å². The van der Waals surface area contributed by atoms with Crippen molar-refractivity contribution >= 4 is 0 Å². The van der Waals surface area contributed by atoms with Gasteiger partial charge in [-0.2, -0.15) is 0 Å². The van der Waals surface area contributed by atoms with E-state index in [1.807, 2.05) is 0 Å². The van der Waals surface area contributed by atoms with Crippen LogP contribution in [-0.2, 0) is 13.0 Å². The third-order valence-corrected chi connectivity index (χ3v) is 6.35. The van der Waals surface area contributed by atoms with Gasteiger partial charge in [-0.1, -0.05) is 104 Å². The standard InChI is InChI=1S/C27H53N2/c1-5-7-9-11-13-14-15-16-17-18-20-22-27-28(24-25-29(27)26(3)4)23-21-19-12-10-8-6-2/h24-26H,5-23H2,1-4H3/q+1. The SMILES string of the molecule is CCCCCCCCCCCCCc1n(C(C)C)cc[n+]1CCCCCCCC. The Morgan fingerprint density at radius 3 is 1.59 bits per heavy atom. The van der Waals surface area contributed by atoms with Crippen LogP contribution < -0.4 is 4.57 Å². The average Bonchev–Trinajstić information content (AvgIpc) is 3.12. The highest BCUT2D eigenvalue weighted by molar-refractivity contribution is 4.86. The molecule has 0 amide bonds. The summed E-state index contributed by atoms with van der Waals surface area (Å²) in [6.45, 7) is 10.4. The van der Waals surface area contributed by atoms with E-state index in [1.54, 1.807) is 5.82 Å². The van der Waals surface area contributed by atoms with E-state index in [-0.39, 0.29) is 0 Å². The topological polar surface area (TPSA) is 8.81 Å². The number of unbranched alkanes of at least 4 members (excludes halogenated alkanes) is 15. The summed E-state index contributed by atoms with van der Waals surface area (Å²) in [6, 6.07) is 0.573. The van der Waals surface area contributed by atoms with Gasteiger partial charge in [0.25, 0.3) is 5.82 Å². The second kappa shape index (κ2) is 18.0. The van der Waals surface area contributed by atoms with E-state index in [9.17, 15) is 0 Å². The van der Waals surface area contributed by atoms with Crippen molar-refractivity contribution in [2.24, 2.45) is 0 Å². The summed E-state index contributed by atoms with van der Waals surface area (Å²) in [4.78, 5) is 0. The van der Waals surface area contributed by atoms with Crippen LogP contribution >= 0.6 is 0 Å². The molecule has 1 aromatic rings. The molecule has 0 bridgehead atoms. The zero-order chi connectivity index (χ0) is 21.2. The Balaban J connectivity index is 2.21. The predicted octanol–water partition coefficient (Wildman–Crippen LogP) is 8.57. The molecule has 0 radical (unpaired) electrons. The molecule has 29 heavy (non-hydrogen) atoms. The molecule has 0 unspecified atom stereocenters. The number of imidazole rings is 1. The molecule has 2 heteroatoms. The smallest absolute Gasteiger partial charge is 0.234 e. The number of nitrogens with zero attached hydrogens (tertiary/aromatic N) is 2. The zero-order valence-corrected chi connectivity index (χ0v) is 20.6. The summed E-state index contributed by atoms with van der Waals surface area (Å²) < 4.78 is 5.06. The van der Waals surface area contributed by atoms with Crippen LogP contribution in [0.4, 0.5) is 0 Å². The Kier molecular flexibility index (Phi) is 16.3. The average molecular weight is 406 g/mol. The van der Waals surface area contributed by atoms with Gasteiger partial charge >= 0.3 is 0 Å². The third-order valence-electron chi connectivity index (χ3n) is 6.35. The molecule has 0 aromatic carbocycles. The van der Waals surface area contributed by atoms with Crippen molar-refractivity contribution in [3.8, 4) is 0 Å². The first-order valence-corrected chi connectivity index (χ1v) is 13.3. The summed E-state index contributed by atoms with van der Waals surface area (Å²) in [5.41, 5.74) is 0. The van der Waals surface area contributed by atoms with Crippen molar-refractivity contribution in [2.45, 2.75) is 156 Å². The summed E-state index contributed by atoms with van der Waals surface area (Å²) >= 11 is 0. The number of hydrogen-bond acceptors (Lipinski definition) is 0. The van der Waals surface area contributed by atoms with Crippen LogP contribution in [-0.4, -0.2) is 4.57 Å². The quantitative estimate of drug-likeness (QED) is 0.152. The van der Waals surface area contributed by atoms with Crippen molar-refractivity contribution < 1.29 is 4.57 Å². The minimum atomic E-state index is 0.573. The maximum absolute atomic E-state index is 2.55. The fraction of sp³-hybridized carbons (Fsp3) is 0.889. The first-order chi connectivity index (χ1) is 14.2. The van der Waals surface area contributed by atoms with Gasteiger partial charge in [-0.3, -0.25) is 0 Å². The Bertz CT molecular complexity index is 475. The van der Waals surface area contributed by atoms with Gasteiger partial charge in [0, 0.05) is 6.42 Å². The van der Waals surface area contributed by atoms with Crippen LogP contribution in [0.5, 0.6) is 0 Å². The minimum absolute atomic E-state index is 0.573. The Morgan fingerprint density at radius 2 is 1.10 bits per heavy atom. The fourth-order valence-corrected chi connectivity index (χ4v) is 4.43. The normalized spacial score (nSPS) is 11.6. The first kappa shape index (κ1) is 26.2. The van der Waals surface area contributed by atoms with E-state index in [0.717, 1.165) is 0 Å². The summed E-state index contributed by atoms with van der Waals surface area (Å²) in [5, 5.41) is 0. The van der Waals surface area contributed by atoms with Gasteiger partial charge < -0.3 is 0 Å². The van der Waals surface area contributed by atoms with Gasteiger partial charge in [0.1, 0.15) is 12.4 Å². The molecule has 0 N–H and O–H groups in total. The molecule has 0 aliphatic rings. The van der Waals surface area contributed by atoms with Gasteiger partial charge in [-0.15, -0.1) is 0 Å². The molecule has 0 atom stereocenters. The molecule has 0 saturated carbocycles. The van der Waals surface area contributed by atoms with Crippen LogP contribution in [0.1, 0.15) is 149 Å². The maximum Gasteiger partial charge on any atom is 0.256 e. The van der Waals surface area contributed by atoms with E-state index in [0.29, 0.717) is 6.04 Å². The minimum Gasteiger partial charge on any atom is -0.234 e. The molecule has 170 valence electrons. The monoisotopic (exact) mass is 405 g/mol. The zero-order valence-electron chi connectivity index (χ0n) is 20.6. The fourth-order valence-electron chi connectivity index (χ4n) is 4.43. The predicted molar refractivity (Wildman–Crippen MR) is 129 cm³/mol. The van der Waals surface area contributed by atoms with E-state index >= 15 is 0 Å². The molecule has 1 aromatic heterocycles. The molecular formula is C27H53N2+. The highest BCUT2D eigenvalue weighted by Crippen LogP contribution is 2.14. The van der Waals surface area contributed by atoms with Gasteiger partial charge in [0.15, 0.2) is 0 Å². The Labute approximate surface area is 183 Å². The molecular weight excluding hydrogens is 352 g/mol. The summed E-state index contributed by atoms with van der Waals surface area (Å²) in [5.74, 6) is 1.56. The van der Waals surface area contributed by atoms with Crippen LogP contribution in [0.2, 0.25) is 0 Å². The highest BCUT2D eigenvalue weighted by atomic mass is 15.2. The van der Waals surface area contributed by atoms with Crippen molar-refractivity contribution in [3.63, 3.8) is 0 Å². The number of aromatic nitrogens is 2. The summed E-state index contributed by atoms with van der Waals surface area (Å²) in [7, 11) is 0. The van der Waals surface area contributed by atoms with Gasteiger partial charge in [-0.25, -0.2) is 9.13 Å². The summed E-state index contributed by atoms with van der Waals surface area (Å²) in [6.07, 6.45) is 29.9. The highest BCUT2D eigenvalue weighted by Gasteiger charge is 2.18.